The molecule has 88 valence electrons. The van der Waals surface area contributed by atoms with Crippen LogP contribution >= 0.6 is 0 Å². The summed E-state index contributed by atoms with van der Waals surface area (Å²) in [5.41, 5.74) is 1.23. The van der Waals surface area contributed by atoms with Crippen LogP contribution < -0.4 is 5.32 Å². The van der Waals surface area contributed by atoms with E-state index < -0.39 is 0 Å². The molecule has 0 amide bonds. The largest absolute Gasteiger partial charge is 0.317 e. The van der Waals surface area contributed by atoms with E-state index in [-0.39, 0.29) is 0 Å². The zero-order valence-electron chi connectivity index (χ0n) is 10.1. The van der Waals surface area contributed by atoms with Gasteiger partial charge in [0.25, 0.3) is 0 Å². The third kappa shape index (κ3) is 3.27. The summed E-state index contributed by atoms with van der Waals surface area (Å²) in [4.78, 5) is 8.89. The fraction of sp³-hybridized carbons (Fsp3) is 0.692. The Morgan fingerprint density at radius 3 is 2.81 bits per heavy atom. The van der Waals surface area contributed by atoms with E-state index >= 15 is 0 Å². The molecular formula is C13H21N3. The molecule has 3 heteroatoms. The van der Waals surface area contributed by atoms with Gasteiger partial charge in [0.15, 0.2) is 0 Å². The minimum Gasteiger partial charge on any atom is -0.317 e. The van der Waals surface area contributed by atoms with E-state index in [2.05, 4.69) is 22.2 Å². The molecule has 1 unspecified atom stereocenters. The molecule has 0 aromatic carbocycles. The summed E-state index contributed by atoms with van der Waals surface area (Å²) < 4.78 is 0. The first kappa shape index (κ1) is 11.5. The minimum absolute atomic E-state index is 0.766. The molecule has 0 bridgehead atoms. The fourth-order valence-corrected chi connectivity index (χ4v) is 2.22. The molecular weight excluding hydrogens is 198 g/mol. The van der Waals surface area contributed by atoms with Crippen molar-refractivity contribution in [2.75, 3.05) is 13.1 Å². The lowest BCUT2D eigenvalue weighted by molar-refractivity contribution is 0.459. The van der Waals surface area contributed by atoms with E-state index in [0.717, 1.165) is 31.1 Å². The number of hydrogen-bond acceptors (Lipinski definition) is 3. The van der Waals surface area contributed by atoms with Crippen LogP contribution in [0.5, 0.6) is 0 Å². The maximum Gasteiger partial charge on any atom is 0.128 e. The van der Waals surface area contributed by atoms with Gasteiger partial charge in [-0.15, -0.1) is 0 Å². The topological polar surface area (TPSA) is 37.8 Å². The molecule has 1 aliphatic rings. The van der Waals surface area contributed by atoms with Gasteiger partial charge in [0.05, 0.1) is 0 Å². The Hall–Kier alpha value is -0.960. The van der Waals surface area contributed by atoms with Crippen LogP contribution in [-0.4, -0.2) is 23.1 Å². The Balaban J connectivity index is 1.91. The Bertz CT molecular complexity index is 299. The Kier molecular flexibility index (Phi) is 4.28. The molecule has 16 heavy (non-hydrogen) atoms. The van der Waals surface area contributed by atoms with Gasteiger partial charge in [-0.3, -0.25) is 0 Å². The summed E-state index contributed by atoms with van der Waals surface area (Å²) in [5, 5.41) is 3.44. The lowest BCUT2D eigenvalue weighted by Crippen LogP contribution is -2.14. The molecule has 0 aliphatic carbocycles. The standard InChI is InChI=1S/C13H21N3/c1-2-11-9-15-13(16-10-11)8-12-4-3-6-14-7-5-12/h9-10,12,14H,2-8H2,1H3. The van der Waals surface area contributed by atoms with Crippen LogP contribution in [0.1, 0.15) is 37.6 Å². The maximum atomic E-state index is 4.44. The summed E-state index contributed by atoms with van der Waals surface area (Å²) in [6.07, 6.45) is 9.87. The van der Waals surface area contributed by atoms with Crippen LogP contribution in [0.2, 0.25) is 0 Å². The third-order valence-corrected chi connectivity index (χ3v) is 3.33. The number of rotatable bonds is 3. The van der Waals surface area contributed by atoms with Crippen LogP contribution in [0.25, 0.3) is 0 Å². The molecule has 2 rings (SSSR count). The van der Waals surface area contributed by atoms with E-state index in [1.165, 1.54) is 31.4 Å². The van der Waals surface area contributed by atoms with Crippen LogP contribution in [0.4, 0.5) is 0 Å². The molecule has 1 N–H and O–H groups in total. The highest BCUT2D eigenvalue weighted by Gasteiger charge is 2.13. The highest BCUT2D eigenvalue weighted by atomic mass is 14.9. The summed E-state index contributed by atoms with van der Waals surface area (Å²) in [6.45, 7) is 4.46. The number of nitrogens with zero attached hydrogens (tertiary/aromatic N) is 2. The highest BCUT2D eigenvalue weighted by molar-refractivity contribution is 5.05. The number of nitrogens with one attached hydrogen (secondary N) is 1. The van der Waals surface area contributed by atoms with Gasteiger partial charge in [-0.1, -0.05) is 6.92 Å². The van der Waals surface area contributed by atoms with Crippen molar-refractivity contribution in [2.45, 2.75) is 39.0 Å². The first-order valence-corrected chi connectivity index (χ1v) is 6.39. The number of aromatic nitrogens is 2. The number of hydrogen-bond donors (Lipinski definition) is 1. The Labute approximate surface area is 97.7 Å². The van der Waals surface area contributed by atoms with Gasteiger partial charge in [-0.25, -0.2) is 9.97 Å². The second-order valence-electron chi connectivity index (χ2n) is 4.61. The van der Waals surface area contributed by atoms with Crippen molar-refractivity contribution in [3.8, 4) is 0 Å². The second-order valence-corrected chi connectivity index (χ2v) is 4.61. The van der Waals surface area contributed by atoms with E-state index in [9.17, 15) is 0 Å². The monoisotopic (exact) mass is 219 g/mol. The van der Waals surface area contributed by atoms with Crippen LogP contribution in [-0.2, 0) is 12.8 Å². The summed E-state index contributed by atoms with van der Waals surface area (Å²) in [6, 6.07) is 0. The number of aryl methyl sites for hydroxylation is 1. The molecule has 0 spiro atoms. The fourth-order valence-electron chi connectivity index (χ4n) is 2.22. The Morgan fingerprint density at radius 1 is 1.25 bits per heavy atom. The molecule has 0 radical (unpaired) electrons. The van der Waals surface area contributed by atoms with Gasteiger partial charge in [0.1, 0.15) is 5.82 Å². The average molecular weight is 219 g/mol. The van der Waals surface area contributed by atoms with E-state index in [1.807, 2.05) is 12.4 Å². The molecule has 1 fully saturated rings. The lowest BCUT2D eigenvalue weighted by atomic mass is 9.96. The van der Waals surface area contributed by atoms with Crippen LogP contribution in [0.3, 0.4) is 0 Å². The van der Waals surface area contributed by atoms with Gasteiger partial charge in [-0.2, -0.15) is 0 Å². The van der Waals surface area contributed by atoms with Crippen molar-refractivity contribution >= 4 is 0 Å². The minimum atomic E-state index is 0.766. The van der Waals surface area contributed by atoms with Crippen LogP contribution in [0.15, 0.2) is 12.4 Å². The van der Waals surface area contributed by atoms with Crippen molar-refractivity contribution in [3.05, 3.63) is 23.8 Å². The molecule has 1 aliphatic heterocycles. The quantitative estimate of drug-likeness (QED) is 0.844. The van der Waals surface area contributed by atoms with Gasteiger partial charge < -0.3 is 5.32 Å². The maximum absolute atomic E-state index is 4.44. The highest BCUT2D eigenvalue weighted by Crippen LogP contribution is 2.17. The zero-order valence-corrected chi connectivity index (χ0v) is 10.1. The van der Waals surface area contributed by atoms with E-state index in [0.29, 0.717) is 0 Å². The van der Waals surface area contributed by atoms with E-state index in [4.69, 9.17) is 0 Å². The predicted molar refractivity (Wildman–Crippen MR) is 65.3 cm³/mol. The molecule has 1 aromatic rings. The van der Waals surface area contributed by atoms with Crippen molar-refractivity contribution in [1.82, 2.24) is 15.3 Å². The van der Waals surface area contributed by atoms with Crippen molar-refractivity contribution in [1.29, 1.82) is 0 Å². The second kappa shape index (κ2) is 5.94. The van der Waals surface area contributed by atoms with Gasteiger partial charge >= 0.3 is 0 Å². The summed E-state index contributed by atoms with van der Waals surface area (Å²) >= 11 is 0. The van der Waals surface area contributed by atoms with Gasteiger partial charge in [0, 0.05) is 18.8 Å². The van der Waals surface area contributed by atoms with Crippen LogP contribution in [0, 0.1) is 5.92 Å². The van der Waals surface area contributed by atoms with Gasteiger partial charge in [0.2, 0.25) is 0 Å². The summed E-state index contributed by atoms with van der Waals surface area (Å²) in [7, 11) is 0. The third-order valence-electron chi connectivity index (χ3n) is 3.33. The molecule has 2 heterocycles. The van der Waals surface area contributed by atoms with E-state index in [1.54, 1.807) is 0 Å². The molecule has 0 saturated carbocycles. The molecule has 1 aromatic heterocycles. The molecule has 3 nitrogen and oxygen atoms in total. The molecule has 1 atom stereocenters. The normalized spacial score (nSPS) is 21.7. The predicted octanol–water partition coefficient (Wildman–Crippen LogP) is 1.97. The SMILES string of the molecule is CCc1cnc(CC2CCCNCC2)nc1. The van der Waals surface area contributed by atoms with Gasteiger partial charge in [-0.05, 0) is 50.3 Å². The van der Waals surface area contributed by atoms with Crippen molar-refractivity contribution in [2.24, 2.45) is 5.92 Å². The first-order valence-electron chi connectivity index (χ1n) is 6.39. The zero-order chi connectivity index (χ0) is 11.2. The van der Waals surface area contributed by atoms with Crippen molar-refractivity contribution in [3.63, 3.8) is 0 Å². The van der Waals surface area contributed by atoms with Crippen molar-refractivity contribution < 1.29 is 0 Å². The first-order chi connectivity index (χ1) is 7.88. The smallest absolute Gasteiger partial charge is 0.128 e. The summed E-state index contributed by atoms with van der Waals surface area (Å²) in [5.74, 6) is 1.78. The average Bonchev–Trinajstić information content (AvgIpc) is 2.59. The Morgan fingerprint density at radius 2 is 2.06 bits per heavy atom. The molecule has 1 saturated heterocycles. The lowest BCUT2D eigenvalue weighted by Gasteiger charge is -2.12.